The third kappa shape index (κ3) is 3.39. The lowest BCUT2D eigenvalue weighted by Gasteiger charge is -2.34. The SMILES string of the molecule is Cc1noc(C)c1CCC(=O)N1Cc2ccccc2[C@H](c2cnn(C)c2)C1. The van der Waals surface area contributed by atoms with Gasteiger partial charge in [-0.25, -0.2) is 0 Å². The summed E-state index contributed by atoms with van der Waals surface area (Å²) in [6.45, 7) is 5.16. The predicted octanol–water partition coefficient (Wildman–Crippen LogP) is 3.13. The van der Waals surface area contributed by atoms with Crippen LogP contribution in [0.2, 0.25) is 0 Å². The molecule has 3 heterocycles. The third-order valence-corrected chi connectivity index (χ3v) is 5.44. The van der Waals surface area contributed by atoms with Crippen molar-refractivity contribution < 1.29 is 9.32 Å². The molecule has 0 fully saturated rings. The van der Waals surface area contributed by atoms with Crippen LogP contribution in [0.5, 0.6) is 0 Å². The lowest BCUT2D eigenvalue weighted by Crippen LogP contribution is -2.38. The van der Waals surface area contributed by atoms with E-state index in [4.69, 9.17) is 4.52 Å². The maximum absolute atomic E-state index is 13.0. The van der Waals surface area contributed by atoms with E-state index in [1.165, 1.54) is 11.1 Å². The first-order valence-electron chi connectivity index (χ1n) is 9.29. The summed E-state index contributed by atoms with van der Waals surface area (Å²) < 4.78 is 7.03. The van der Waals surface area contributed by atoms with Crippen molar-refractivity contribution in [3.63, 3.8) is 0 Å². The van der Waals surface area contributed by atoms with Crippen molar-refractivity contribution in [2.75, 3.05) is 6.54 Å². The van der Waals surface area contributed by atoms with Crippen LogP contribution >= 0.6 is 0 Å². The first-order valence-corrected chi connectivity index (χ1v) is 9.29. The Morgan fingerprint density at radius 3 is 2.81 bits per heavy atom. The van der Waals surface area contributed by atoms with E-state index >= 15 is 0 Å². The number of carbonyl (C=O) groups is 1. The number of nitrogens with zero attached hydrogens (tertiary/aromatic N) is 4. The fraction of sp³-hybridized carbons (Fsp3) is 0.381. The molecule has 27 heavy (non-hydrogen) atoms. The second-order valence-corrected chi connectivity index (χ2v) is 7.28. The van der Waals surface area contributed by atoms with Crippen molar-refractivity contribution in [2.45, 2.75) is 39.2 Å². The Morgan fingerprint density at radius 1 is 1.30 bits per heavy atom. The van der Waals surface area contributed by atoms with Crippen LogP contribution in [0.4, 0.5) is 0 Å². The molecule has 1 aliphatic heterocycles. The minimum atomic E-state index is 0.159. The van der Waals surface area contributed by atoms with Crippen molar-refractivity contribution in [3.05, 3.63) is 70.4 Å². The van der Waals surface area contributed by atoms with Gasteiger partial charge >= 0.3 is 0 Å². The molecule has 0 unspecified atom stereocenters. The van der Waals surface area contributed by atoms with E-state index in [2.05, 4.69) is 28.5 Å². The van der Waals surface area contributed by atoms with E-state index in [-0.39, 0.29) is 11.8 Å². The van der Waals surface area contributed by atoms with Crippen LogP contribution in [0.15, 0.2) is 41.2 Å². The Bertz CT molecular complexity index is 953. The van der Waals surface area contributed by atoms with E-state index in [0.29, 0.717) is 25.9 Å². The van der Waals surface area contributed by atoms with E-state index in [9.17, 15) is 4.79 Å². The first kappa shape index (κ1) is 17.5. The zero-order chi connectivity index (χ0) is 19.0. The average molecular weight is 364 g/mol. The molecule has 2 aromatic heterocycles. The number of hydrogen-bond acceptors (Lipinski definition) is 4. The van der Waals surface area contributed by atoms with Gasteiger partial charge in [0, 0.05) is 44.2 Å². The molecule has 6 nitrogen and oxygen atoms in total. The van der Waals surface area contributed by atoms with Crippen LogP contribution < -0.4 is 0 Å². The summed E-state index contributed by atoms with van der Waals surface area (Å²) >= 11 is 0. The molecule has 1 amide bonds. The third-order valence-electron chi connectivity index (χ3n) is 5.44. The van der Waals surface area contributed by atoms with Crippen molar-refractivity contribution in [1.29, 1.82) is 0 Å². The molecule has 0 bridgehead atoms. The lowest BCUT2D eigenvalue weighted by atomic mass is 9.86. The molecular formula is C21H24N4O2. The highest BCUT2D eigenvalue weighted by Gasteiger charge is 2.29. The van der Waals surface area contributed by atoms with Gasteiger partial charge in [-0.05, 0) is 37.0 Å². The van der Waals surface area contributed by atoms with E-state index in [0.717, 1.165) is 22.6 Å². The lowest BCUT2D eigenvalue weighted by molar-refractivity contribution is -0.132. The smallest absolute Gasteiger partial charge is 0.223 e. The number of rotatable bonds is 4. The fourth-order valence-electron chi connectivity index (χ4n) is 3.95. The van der Waals surface area contributed by atoms with Crippen LogP contribution in [0.25, 0.3) is 0 Å². The number of aryl methyl sites for hydroxylation is 3. The van der Waals surface area contributed by atoms with Gasteiger partial charge in [0.1, 0.15) is 5.76 Å². The van der Waals surface area contributed by atoms with Crippen LogP contribution in [0.3, 0.4) is 0 Å². The molecule has 0 saturated carbocycles. The van der Waals surface area contributed by atoms with Gasteiger partial charge in [0.05, 0.1) is 11.9 Å². The quantitative estimate of drug-likeness (QED) is 0.713. The predicted molar refractivity (Wildman–Crippen MR) is 101 cm³/mol. The highest BCUT2D eigenvalue weighted by molar-refractivity contribution is 5.77. The fourth-order valence-corrected chi connectivity index (χ4v) is 3.95. The number of aromatic nitrogens is 3. The molecule has 3 aromatic rings. The topological polar surface area (TPSA) is 64.2 Å². The average Bonchev–Trinajstić information content (AvgIpc) is 3.24. The standard InChI is InChI=1S/C21H24N4O2/c1-14-18(15(2)27-23-14)8-9-21(26)25-12-16-6-4-5-7-19(16)20(13-25)17-10-22-24(3)11-17/h4-7,10-11,20H,8-9,12-13H2,1-3H3/t20-/m0/s1. The zero-order valence-corrected chi connectivity index (χ0v) is 16.0. The number of hydrogen-bond donors (Lipinski definition) is 0. The summed E-state index contributed by atoms with van der Waals surface area (Å²) in [5.41, 5.74) is 5.57. The Labute approximate surface area is 158 Å². The molecule has 1 atom stereocenters. The van der Waals surface area contributed by atoms with Gasteiger partial charge in [0.25, 0.3) is 0 Å². The van der Waals surface area contributed by atoms with Crippen LogP contribution in [0.1, 0.15) is 46.0 Å². The van der Waals surface area contributed by atoms with Gasteiger partial charge < -0.3 is 9.42 Å². The van der Waals surface area contributed by atoms with E-state index < -0.39 is 0 Å². The van der Waals surface area contributed by atoms with Gasteiger partial charge in [0.15, 0.2) is 0 Å². The summed E-state index contributed by atoms with van der Waals surface area (Å²) in [6, 6.07) is 8.39. The molecule has 4 rings (SSSR count). The van der Waals surface area contributed by atoms with Gasteiger partial charge in [-0.1, -0.05) is 29.4 Å². The maximum Gasteiger partial charge on any atom is 0.223 e. The zero-order valence-electron chi connectivity index (χ0n) is 16.0. The molecule has 140 valence electrons. The number of carbonyl (C=O) groups excluding carboxylic acids is 1. The molecule has 0 aliphatic carbocycles. The van der Waals surface area contributed by atoms with Gasteiger partial charge in [0.2, 0.25) is 5.91 Å². The van der Waals surface area contributed by atoms with Crippen LogP contribution in [-0.4, -0.2) is 32.3 Å². The monoisotopic (exact) mass is 364 g/mol. The summed E-state index contributed by atoms with van der Waals surface area (Å²) in [7, 11) is 1.92. The van der Waals surface area contributed by atoms with Crippen molar-refractivity contribution >= 4 is 5.91 Å². The van der Waals surface area contributed by atoms with Gasteiger partial charge in [-0.3, -0.25) is 9.48 Å². The largest absolute Gasteiger partial charge is 0.361 e. The molecule has 1 aliphatic rings. The van der Waals surface area contributed by atoms with Crippen molar-refractivity contribution in [2.24, 2.45) is 7.05 Å². The Morgan fingerprint density at radius 2 is 2.11 bits per heavy atom. The van der Waals surface area contributed by atoms with Gasteiger partial charge in [-0.15, -0.1) is 0 Å². The number of fused-ring (bicyclic) bond motifs is 1. The van der Waals surface area contributed by atoms with E-state index in [1.807, 2.05) is 48.9 Å². The second kappa shape index (κ2) is 7.02. The minimum Gasteiger partial charge on any atom is -0.361 e. The molecule has 0 spiro atoms. The summed E-state index contributed by atoms with van der Waals surface area (Å²) in [4.78, 5) is 14.9. The van der Waals surface area contributed by atoms with E-state index in [1.54, 1.807) is 0 Å². The number of amides is 1. The summed E-state index contributed by atoms with van der Waals surface area (Å²) in [6.07, 6.45) is 5.07. The van der Waals surface area contributed by atoms with Crippen LogP contribution in [-0.2, 0) is 24.8 Å². The molecular weight excluding hydrogens is 340 g/mol. The van der Waals surface area contributed by atoms with Crippen molar-refractivity contribution in [3.8, 4) is 0 Å². The Kier molecular flexibility index (Phi) is 4.56. The minimum absolute atomic E-state index is 0.159. The number of benzene rings is 1. The van der Waals surface area contributed by atoms with Crippen molar-refractivity contribution in [1.82, 2.24) is 19.8 Å². The van der Waals surface area contributed by atoms with Crippen LogP contribution in [0, 0.1) is 13.8 Å². The maximum atomic E-state index is 13.0. The van der Waals surface area contributed by atoms with Gasteiger partial charge in [-0.2, -0.15) is 5.10 Å². The Hall–Kier alpha value is -2.89. The highest BCUT2D eigenvalue weighted by Crippen LogP contribution is 2.33. The first-order chi connectivity index (χ1) is 13.0. The molecule has 0 saturated heterocycles. The second-order valence-electron chi connectivity index (χ2n) is 7.28. The molecule has 0 N–H and O–H groups in total. The molecule has 1 aromatic carbocycles. The summed E-state index contributed by atoms with van der Waals surface area (Å²) in [5, 5.41) is 8.30. The normalized spacial score (nSPS) is 16.4. The highest BCUT2D eigenvalue weighted by atomic mass is 16.5. The summed E-state index contributed by atoms with van der Waals surface area (Å²) in [5.74, 6) is 1.13. The molecule has 6 heteroatoms. The Balaban J connectivity index is 1.54. The molecule has 0 radical (unpaired) electrons.